The number of methoxy groups -OCH3 is 1. The number of carbonyl (C=O) groups excluding carboxylic acids is 1. The Bertz CT molecular complexity index is 537. The Balaban J connectivity index is 1.93. The minimum absolute atomic E-state index is 0.0329. The van der Waals surface area contributed by atoms with Crippen molar-refractivity contribution in [1.29, 1.82) is 0 Å². The molecule has 1 heterocycles. The van der Waals surface area contributed by atoms with Gasteiger partial charge in [0.05, 0.1) is 13.4 Å². The molecule has 1 amide bonds. The molecule has 1 atom stereocenters. The van der Waals surface area contributed by atoms with E-state index in [0.717, 1.165) is 11.4 Å². The van der Waals surface area contributed by atoms with Crippen LogP contribution in [-0.4, -0.2) is 22.6 Å². The van der Waals surface area contributed by atoms with Crippen LogP contribution in [0.4, 0.5) is 5.69 Å². The molecule has 0 aliphatic carbocycles. The van der Waals surface area contributed by atoms with Crippen LogP contribution in [-0.2, 0) is 4.79 Å². The predicted octanol–water partition coefficient (Wildman–Crippen LogP) is 2.48. The molecule has 1 aromatic heterocycles. The van der Waals surface area contributed by atoms with Crippen molar-refractivity contribution in [2.24, 2.45) is 0 Å². The van der Waals surface area contributed by atoms with Crippen LogP contribution < -0.4 is 10.1 Å². The highest BCUT2D eigenvalue weighted by atomic mass is 16.5. The van der Waals surface area contributed by atoms with Crippen LogP contribution in [0.2, 0.25) is 0 Å². The fourth-order valence-corrected chi connectivity index (χ4v) is 1.82. The first-order chi connectivity index (χ1) is 9.19. The van der Waals surface area contributed by atoms with Gasteiger partial charge >= 0.3 is 0 Å². The molecule has 19 heavy (non-hydrogen) atoms. The number of benzene rings is 1. The van der Waals surface area contributed by atoms with Gasteiger partial charge in [-0.1, -0.05) is 6.07 Å². The van der Waals surface area contributed by atoms with E-state index in [1.165, 1.54) is 0 Å². The maximum Gasteiger partial charge on any atom is 0.226 e. The van der Waals surface area contributed by atoms with E-state index in [1.54, 1.807) is 25.7 Å². The highest BCUT2D eigenvalue weighted by molar-refractivity contribution is 5.91. The Morgan fingerprint density at radius 3 is 3.05 bits per heavy atom. The van der Waals surface area contributed by atoms with Crippen LogP contribution in [0.5, 0.6) is 5.75 Å². The predicted molar refractivity (Wildman–Crippen MR) is 73.2 cm³/mol. The standard InChI is InChI=1S/C14H17N3O2/c1-11(17-7-6-15-10-17)8-14(18)16-12-4-3-5-13(9-12)19-2/h3-7,9-11H,8H2,1-2H3,(H,16,18)/t11-/m1/s1. The first kappa shape index (κ1) is 13.1. The van der Waals surface area contributed by atoms with Gasteiger partial charge in [0, 0.05) is 36.6 Å². The quantitative estimate of drug-likeness (QED) is 0.897. The second kappa shape index (κ2) is 6.04. The number of hydrogen-bond donors (Lipinski definition) is 1. The maximum absolute atomic E-state index is 11.9. The van der Waals surface area contributed by atoms with Crippen molar-refractivity contribution in [2.75, 3.05) is 12.4 Å². The number of carbonyl (C=O) groups is 1. The Morgan fingerprint density at radius 2 is 2.37 bits per heavy atom. The summed E-state index contributed by atoms with van der Waals surface area (Å²) in [5, 5.41) is 2.86. The lowest BCUT2D eigenvalue weighted by molar-refractivity contribution is -0.116. The van der Waals surface area contributed by atoms with Gasteiger partial charge in [-0.15, -0.1) is 0 Å². The Kier molecular flexibility index (Phi) is 4.18. The summed E-state index contributed by atoms with van der Waals surface area (Å²) in [6.07, 6.45) is 5.66. The van der Waals surface area contributed by atoms with Crippen LogP contribution in [0, 0.1) is 0 Å². The molecule has 0 aliphatic heterocycles. The summed E-state index contributed by atoms with van der Waals surface area (Å²) in [5.41, 5.74) is 0.738. The molecule has 5 heteroatoms. The van der Waals surface area contributed by atoms with Gasteiger partial charge in [-0.3, -0.25) is 4.79 Å². The van der Waals surface area contributed by atoms with Crippen molar-refractivity contribution in [3.05, 3.63) is 43.0 Å². The van der Waals surface area contributed by atoms with Gasteiger partial charge in [0.15, 0.2) is 0 Å². The van der Waals surface area contributed by atoms with E-state index >= 15 is 0 Å². The van der Waals surface area contributed by atoms with Gasteiger partial charge in [-0.2, -0.15) is 0 Å². The second-order valence-corrected chi connectivity index (χ2v) is 4.34. The van der Waals surface area contributed by atoms with Crippen LogP contribution in [0.1, 0.15) is 19.4 Å². The SMILES string of the molecule is COc1cccc(NC(=O)C[C@@H](C)n2ccnc2)c1. The second-order valence-electron chi connectivity index (χ2n) is 4.34. The van der Waals surface area contributed by atoms with E-state index in [4.69, 9.17) is 4.74 Å². The molecule has 0 bridgehead atoms. The average Bonchev–Trinajstić information content (AvgIpc) is 2.92. The Morgan fingerprint density at radius 1 is 1.53 bits per heavy atom. The molecule has 1 aromatic carbocycles. The first-order valence-corrected chi connectivity index (χ1v) is 6.10. The zero-order chi connectivity index (χ0) is 13.7. The third-order valence-corrected chi connectivity index (χ3v) is 2.87. The van der Waals surface area contributed by atoms with Gasteiger partial charge in [0.2, 0.25) is 5.91 Å². The molecule has 0 unspecified atom stereocenters. The molecule has 2 aromatic rings. The van der Waals surface area contributed by atoms with Crippen molar-refractivity contribution in [3.63, 3.8) is 0 Å². The number of rotatable bonds is 5. The summed E-state index contributed by atoms with van der Waals surface area (Å²) in [4.78, 5) is 15.9. The molecule has 2 rings (SSSR count). The number of ether oxygens (including phenoxy) is 1. The number of nitrogens with zero attached hydrogens (tertiary/aromatic N) is 2. The number of imidazole rings is 1. The van der Waals surface area contributed by atoms with E-state index < -0.39 is 0 Å². The molecule has 0 saturated heterocycles. The minimum Gasteiger partial charge on any atom is -0.497 e. The van der Waals surface area contributed by atoms with E-state index in [9.17, 15) is 4.79 Å². The van der Waals surface area contributed by atoms with Crippen molar-refractivity contribution < 1.29 is 9.53 Å². The van der Waals surface area contributed by atoms with Crippen molar-refractivity contribution >= 4 is 11.6 Å². The number of nitrogens with one attached hydrogen (secondary N) is 1. The Labute approximate surface area is 112 Å². The number of amides is 1. The van der Waals surface area contributed by atoms with Gasteiger partial charge in [0.25, 0.3) is 0 Å². The van der Waals surface area contributed by atoms with Crippen molar-refractivity contribution in [2.45, 2.75) is 19.4 Å². The molecule has 100 valence electrons. The molecule has 0 saturated carbocycles. The largest absolute Gasteiger partial charge is 0.497 e. The van der Waals surface area contributed by atoms with Gasteiger partial charge < -0.3 is 14.6 Å². The highest BCUT2D eigenvalue weighted by Gasteiger charge is 2.10. The average molecular weight is 259 g/mol. The zero-order valence-corrected chi connectivity index (χ0v) is 11.0. The molecular weight excluding hydrogens is 242 g/mol. The number of aromatic nitrogens is 2. The lowest BCUT2D eigenvalue weighted by Crippen LogP contribution is -2.16. The van der Waals surface area contributed by atoms with Gasteiger partial charge in [-0.25, -0.2) is 4.98 Å². The normalized spacial score (nSPS) is 11.9. The van der Waals surface area contributed by atoms with E-state index in [-0.39, 0.29) is 11.9 Å². The smallest absolute Gasteiger partial charge is 0.226 e. The fraction of sp³-hybridized carbons (Fsp3) is 0.286. The molecule has 5 nitrogen and oxygen atoms in total. The topological polar surface area (TPSA) is 56.1 Å². The summed E-state index contributed by atoms with van der Waals surface area (Å²) in [5.74, 6) is 0.690. The monoisotopic (exact) mass is 259 g/mol. The summed E-state index contributed by atoms with van der Waals surface area (Å²) < 4.78 is 7.02. The molecule has 0 spiro atoms. The summed E-state index contributed by atoms with van der Waals surface area (Å²) in [6, 6.07) is 7.38. The summed E-state index contributed by atoms with van der Waals surface area (Å²) >= 11 is 0. The molecule has 0 fully saturated rings. The van der Waals surface area contributed by atoms with Crippen LogP contribution in [0.3, 0.4) is 0 Å². The number of anilines is 1. The lowest BCUT2D eigenvalue weighted by atomic mass is 10.2. The maximum atomic E-state index is 11.9. The molecule has 0 aliphatic rings. The summed E-state index contributed by atoms with van der Waals surface area (Å²) in [6.45, 7) is 1.98. The summed E-state index contributed by atoms with van der Waals surface area (Å²) in [7, 11) is 1.60. The van der Waals surface area contributed by atoms with E-state index in [2.05, 4.69) is 10.3 Å². The fourth-order valence-electron chi connectivity index (χ4n) is 1.82. The third kappa shape index (κ3) is 3.58. The van der Waals surface area contributed by atoms with Crippen LogP contribution in [0.25, 0.3) is 0 Å². The van der Waals surface area contributed by atoms with Crippen molar-refractivity contribution in [3.8, 4) is 5.75 Å². The lowest BCUT2D eigenvalue weighted by Gasteiger charge is -2.13. The molecule has 0 radical (unpaired) electrons. The molecular formula is C14H17N3O2. The highest BCUT2D eigenvalue weighted by Crippen LogP contribution is 2.18. The Hall–Kier alpha value is -2.30. The van der Waals surface area contributed by atoms with Gasteiger partial charge in [0.1, 0.15) is 5.75 Å². The van der Waals surface area contributed by atoms with E-state index in [0.29, 0.717) is 6.42 Å². The third-order valence-electron chi connectivity index (χ3n) is 2.87. The number of hydrogen-bond acceptors (Lipinski definition) is 3. The van der Waals surface area contributed by atoms with Crippen molar-refractivity contribution in [1.82, 2.24) is 9.55 Å². The van der Waals surface area contributed by atoms with Crippen LogP contribution in [0.15, 0.2) is 43.0 Å². The minimum atomic E-state index is -0.0329. The van der Waals surface area contributed by atoms with Crippen LogP contribution >= 0.6 is 0 Å². The van der Waals surface area contributed by atoms with Gasteiger partial charge in [-0.05, 0) is 19.1 Å². The zero-order valence-electron chi connectivity index (χ0n) is 11.0. The van der Waals surface area contributed by atoms with E-state index in [1.807, 2.05) is 35.9 Å². The molecule has 1 N–H and O–H groups in total. The first-order valence-electron chi connectivity index (χ1n) is 6.10.